The molecule has 0 fully saturated rings. The lowest BCUT2D eigenvalue weighted by Gasteiger charge is -2.16. The van der Waals surface area contributed by atoms with E-state index >= 15 is 0 Å². The van der Waals surface area contributed by atoms with Gasteiger partial charge in [0, 0.05) is 31.4 Å². The molecule has 0 bridgehead atoms. The van der Waals surface area contributed by atoms with Gasteiger partial charge in [-0.25, -0.2) is 15.0 Å². The molecule has 3 aromatic heterocycles. The summed E-state index contributed by atoms with van der Waals surface area (Å²) in [6.45, 7) is 0.631. The van der Waals surface area contributed by atoms with Gasteiger partial charge in [-0.3, -0.25) is 10.3 Å². The van der Waals surface area contributed by atoms with Crippen LogP contribution in [0.25, 0.3) is 23.0 Å². The molecule has 0 aliphatic carbocycles. The Bertz CT molecular complexity index is 899. The van der Waals surface area contributed by atoms with Crippen LogP contribution in [0.5, 0.6) is 0 Å². The van der Waals surface area contributed by atoms with Gasteiger partial charge in [0.15, 0.2) is 0 Å². The van der Waals surface area contributed by atoms with E-state index in [-0.39, 0.29) is 6.17 Å². The lowest BCUT2D eigenvalue weighted by Crippen LogP contribution is -2.27. The molecule has 1 N–H and O–H groups in total. The van der Waals surface area contributed by atoms with Crippen LogP contribution >= 0.6 is 0 Å². The van der Waals surface area contributed by atoms with Crippen molar-refractivity contribution < 1.29 is 8.81 Å². The third-order valence-electron chi connectivity index (χ3n) is 3.55. The number of oxazole rings is 1. The van der Waals surface area contributed by atoms with E-state index in [2.05, 4.69) is 25.3 Å². The SMILES string of the molecule is Fc1ncccc1-c1nc(-c2ncco2)cn1C1C=NC=CCN1. The second-order valence-corrected chi connectivity index (χ2v) is 5.07. The minimum absolute atomic E-state index is 0.286. The second-order valence-electron chi connectivity index (χ2n) is 5.07. The molecule has 0 saturated carbocycles. The first kappa shape index (κ1) is 14.5. The highest BCUT2D eigenvalue weighted by Crippen LogP contribution is 2.27. The number of nitrogens with one attached hydrogen (secondary N) is 1. The summed E-state index contributed by atoms with van der Waals surface area (Å²) in [4.78, 5) is 16.5. The van der Waals surface area contributed by atoms with E-state index in [4.69, 9.17) is 4.42 Å². The van der Waals surface area contributed by atoms with E-state index in [1.807, 2.05) is 6.08 Å². The van der Waals surface area contributed by atoms with Crippen LogP contribution in [0.2, 0.25) is 0 Å². The number of nitrogens with zero attached hydrogens (tertiary/aromatic N) is 5. The molecule has 0 radical (unpaired) electrons. The molecule has 7 nitrogen and oxygen atoms in total. The van der Waals surface area contributed by atoms with E-state index < -0.39 is 5.95 Å². The van der Waals surface area contributed by atoms with E-state index in [9.17, 15) is 4.39 Å². The van der Waals surface area contributed by atoms with Gasteiger partial charge in [0.1, 0.15) is 23.9 Å². The zero-order chi connectivity index (χ0) is 16.4. The third kappa shape index (κ3) is 2.63. The Labute approximate surface area is 136 Å². The number of hydrogen-bond donors (Lipinski definition) is 1. The fraction of sp³-hybridized carbons (Fsp3) is 0.125. The number of aliphatic imine (C=N–C) groups is 1. The van der Waals surface area contributed by atoms with Crippen LogP contribution < -0.4 is 5.32 Å². The van der Waals surface area contributed by atoms with Gasteiger partial charge in [-0.1, -0.05) is 6.08 Å². The Morgan fingerprint density at radius 1 is 1.29 bits per heavy atom. The molecule has 0 aromatic carbocycles. The minimum Gasteiger partial charge on any atom is -0.443 e. The highest BCUT2D eigenvalue weighted by molar-refractivity contribution is 5.68. The maximum absolute atomic E-state index is 14.2. The van der Waals surface area contributed by atoms with Crippen molar-refractivity contribution >= 4 is 6.21 Å². The van der Waals surface area contributed by atoms with Crippen molar-refractivity contribution in [3.8, 4) is 23.0 Å². The molecular formula is C16H13FN6O. The molecular weight excluding hydrogens is 311 g/mol. The first-order valence-electron chi connectivity index (χ1n) is 7.34. The van der Waals surface area contributed by atoms with Crippen LogP contribution in [0.15, 0.2) is 58.7 Å². The van der Waals surface area contributed by atoms with Gasteiger partial charge >= 0.3 is 0 Å². The van der Waals surface area contributed by atoms with Crippen LogP contribution in [0.1, 0.15) is 6.17 Å². The maximum atomic E-state index is 14.2. The summed E-state index contributed by atoms with van der Waals surface area (Å²) in [7, 11) is 0. The third-order valence-corrected chi connectivity index (χ3v) is 3.55. The first-order chi connectivity index (χ1) is 11.8. The average Bonchev–Trinajstić information content (AvgIpc) is 3.20. The predicted molar refractivity (Wildman–Crippen MR) is 85.6 cm³/mol. The summed E-state index contributed by atoms with van der Waals surface area (Å²) in [5.41, 5.74) is 0.799. The van der Waals surface area contributed by atoms with Crippen molar-refractivity contribution in [3.63, 3.8) is 0 Å². The molecule has 8 heteroatoms. The molecule has 4 rings (SSSR count). The van der Waals surface area contributed by atoms with E-state index in [1.165, 1.54) is 18.7 Å². The van der Waals surface area contributed by atoms with Crippen LogP contribution in [0.3, 0.4) is 0 Å². The van der Waals surface area contributed by atoms with Crippen molar-refractivity contribution in [1.29, 1.82) is 0 Å². The van der Waals surface area contributed by atoms with E-state index in [0.29, 0.717) is 29.5 Å². The van der Waals surface area contributed by atoms with Gasteiger partial charge in [0.05, 0.1) is 11.8 Å². The molecule has 1 aliphatic heterocycles. The van der Waals surface area contributed by atoms with Gasteiger partial charge in [0.2, 0.25) is 11.8 Å². The number of rotatable bonds is 3. The van der Waals surface area contributed by atoms with Crippen molar-refractivity contribution in [2.75, 3.05) is 6.54 Å². The Morgan fingerprint density at radius 2 is 2.25 bits per heavy atom. The highest BCUT2D eigenvalue weighted by atomic mass is 19.1. The Balaban J connectivity index is 1.86. The summed E-state index contributed by atoms with van der Waals surface area (Å²) in [6, 6.07) is 3.30. The first-order valence-corrected chi connectivity index (χ1v) is 7.34. The van der Waals surface area contributed by atoms with Crippen LogP contribution in [-0.4, -0.2) is 32.3 Å². The summed E-state index contributed by atoms with van der Waals surface area (Å²) in [6.07, 6.45) is 11.2. The summed E-state index contributed by atoms with van der Waals surface area (Å²) < 4.78 is 21.3. The van der Waals surface area contributed by atoms with Crippen LogP contribution in [0, 0.1) is 5.95 Å². The van der Waals surface area contributed by atoms with Gasteiger partial charge < -0.3 is 8.98 Å². The summed E-state index contributed by atoms with van der Waals surface area (Å²) in [5.74, 6) is 0.189. The molecule has 0 spiro atoms. The lowest BCUT2D eigenvalue weighted by atomic mass is 10.2. The van der Waals surface area contributed by atoms with E-state index in [0.717, 1.165) is 0 Å². The van der Waals surface area contributed by atoms with Crippen molar-refractivity contribution in [3.05, 3.63) is 55.2 Å². The fourth-order valence-electron chi connectivity index (χ4n) is 2.47. The van der Waals surface area contributed by atoms with Crippen molar-refractivity contribution in [2.45, 2.75) is 6.17 Å². The minimum atomic E-state index is -0.591. The largest absolute Gasteiger partial charge is 0.443 e. The van der Waals surface area contributed by atoms with Gasteiger partial charge in [-0.05, 0) is 12.1 Å². The topological polar surface area (TPSA) is 81.1 Å². The smallest absolute Gasteiger partial charge is 0.246 e. The average molecular weight is 324 g/mol. The zero-order valence-electron chi connectivity index (χ0n) is 12.5. The number of imidazole rings is 1. The van der Waals surface area contributed by atoms with Crippen LogP contribution in [0.4, 0.5) is 4.39 Å². The predicted octanol–water partition coefficient (Wildman–Crippen LogP) is 2.43. The van der Waals surface area contributed by atoms with Gasteiger partial charge in [-0.2, -0.15) is 4.39 Å². The molecule has 1 atom stereocenters. The number of pyridine rings is 1. The van der Waals surface area contributed by atoms with Gasteiger partial charge in [-0.15, -0.1) is 0 Å². The lowest BCUT2D eigenvalue weighted by molar-refractivity contribution is 0.545. The highest BCUT2D eigenvalue weighted by Gasteiger charge is 2.21. The van der Waals surface area contributed by atoms with Gasteiger partial charge in [0.25, 0.3) is 0 Å². The molecule has 120 valence electrons. The van der Waals surface area contributed by atoms with Crippen molar-refractivity contribution in [2.24, 2.45) is 4.99 Å². The second kappa shape index (κ2) is 6.17. The van der Waals surface area contributed by atoms with E-state index in [1.54, 1.807) is 35.3 Å². The van der Waals surface area contributed by atoms with Crippen molar-refractivity contribution in [1.82, 2.24) is 24.8 Å². The Morgan fingerprint density at radius 3 is 3.08 bits per heavy atom. The van der Waals surface area contributed by atoms with Crippen LogP contribution in [-0.2, 0) is 0 Å². The molecule has 4 heterocycles. The Hall–Kier alpha value is -3.13. The zero-order valence-corrected chi connectivity index (χ0v) is 12.5. The number of aromatic nitrogens is 4. The fourth-order valence-corrected chi connectivity index (χ4v) is 2.47. The standard InChI is InChI=1S/C16H13FN6O/c17-14-11(3-1-5-20-14)15-22-12(16-21-7-8-24-16)10-23(15)13-9-18-4-2-6-19-13/h1-5,7-10,13,19H,6H2. The molecule has 1 aliphatic rings. The summed E-state index contributed by atoms with van der Waals surface area (Å²) in [5, 5.41) is 3.28. The maximum Gasteiger partial charge on any atom is 0.246 e. The normalized spacial score (nSPS) is 17.1. The number of halogens is 1. The molecule has 1 unspecified atom stereocenters. The number of hydrogen-bond acceptors (Lipinski definition) is 6. The summed E-state index contributed by atoms with van der Waals surface area (Å²) >= 11 is 0. The molecule has 24 heavy (non-hydrogen) atoms. The quantitative estimate of drug-likeness (QED) is 0.748. The molecule has 0 saturated heterocycles. The Kier molecular flexibility index (Phi) is 3.72. The molecule has 0 amide bonds. The monoisotopic (exact) mass is 324 g/mol. The molecule has 3 aromatic rings.